The first kappa shape index (κ1) is 21.9. The number of unbranched alkanes of at least 4 members (excludes halogenated alkanes) is 1. The lowest BCUT2D eigenvalue weighted by Gasteiger charge is -2.28. The van der Waals surface area contributed by atoms with Gasteiger partial charge in [0.2, 0.25) is 10.0 Å². The van der Waals surface area contributed by atoms with E-state index >= 15 is 0 Å². The second-order valence-electron chi connectivity index (χ2n) is 7.27. The molecule has 0 heterocycles. The van der Waals surface area contributed by atoms with Crippen LogP contribution in [-0.2, 0) is 14.8 Å². The van der Waals surface area contributed by atoms with Crippen LogP contribution in [0, 0.1) is 5.41 Å². The summed E-state index contributed by atoms with van der Waals surface area (Å²) in [5.41, 5.74) is 0.145. The van der Waals surface area contributed by atoms with Crippen LogP contribution >= 0.6 is 11.6 Å². The Balaban J connectivity index is 1.84. The number of sulfonamides is 1. The van der Waals surface area contributed by atoms with Crippen molar-refractivity contribution < 1.29 is 18.3 Å². The highest BCUT2D eigenvalue weighted by Crippen LogP contribution is 2.44. The van der Waals surface area contributed by atoms with Gasteiger partial charge in [0.05, 0.1) is 4.90 Å². The van der Waals surface area contributed by atoms with E-state index in [1.807, 2.05) is 0 Å². The normalized spacial score (nSPS) is 16.8. The molecule has 0 saturated heterocycles. The molecule has 150 valence electrons. The minimum Gasteiger partial charge on any atom is -0.481 e. The lowest BCUT2D eigenvalue weighted by Crippen LogP contribution is -2.29. The molecule has 1 saturated carbocycles. The van der Waals surface area contributed by atoms with Gasteiger partial charge < -0.3 is 5.11 Å². The number of hydrogen-bond acceptors (Lipinski definition) is 3. The van der Waals surface area contributed by atoms with Crippen LogP contribution in [0.15, 0.2) is 41.3 Å². The van der Waals surface area contributed by atoms with Gasteiger partial charge in [0.1, 0.15) is 0 Å². The van der Waals surface area contributed by atoms with E-state index < -0.39 is 16.0 Å². The fraction of sp³-hybridized carbons (Fsp3) is 0.550. The van der Waals surface area contributed by atoms with Crippen LogP contribution in [0.1, 0.15) is 57.8 Å². The predicted octanol–water partition coefficient (Wildman–Crippen LogP) is 4.77. The number of carboxylic acid groups (broad SMARTS) is 1. The van der Waals surface area contributed by atoms with Gasteiger partial charge in [-0.25, -0.2) is 13.1 Å². The zero-order valence-electron chi connectivity index (χ0n) is 15.5. The number of nitrogens with one attached hydrogen (secondary N) is 1. The van der Waals surface area contributed by atoms with Gasteiger partial charge in [-0.3, -0.25) is 4.79 Å². The summed E-state index contributed by atoms with van der Waals surface area (Å²) in [5.74, 6) is -0.761. The third-order valence-electron chi connectivity index (χ3n) is 5.21. The second kappa shape index (κ2) is 10.2. The van der Waals surface area contributed by atoms with Gasteiger partial charge in [-0.15, -0.1) is 0 Å². The third kappa shape index (κ3) is 7.28. The summed E-state index contributed by atoms with van der Waals surface area (Å²) in [5, 5.41) is 9.16. The van der Waals surface area contributed by atoms with E-state index in [-0.39, 0.29) is 16.7 Å². The first-order valence-corrected chi connectivity index (χ1v) is 11.3. The fourth-order valence-electron chi connectivity index (χ4n) is 3.65. The highest BCUT2D eigenvalue weighted by molar-refractivity contribution is 7.89. The molecule has 0 aliphatic heterocycles. The van der Waals surface area contributed by atoms with Crippen molar-refractivity contribution in [3.8, 4) is 0 Å². The Kier molecular flexibility index (Phi) is 8.32. The molecule has 0 unspecified atom stereocenters. The molecule has 27 heavy (non-hydrogen) atoms. The monoisotopic (exact) mass is 413 g/mol. The molecule has 0 radical (unpaired) electrons. The van der Waals surface area contributed by atoms with Crippen LogP contribution in [0.25, 0.3) is 0 Å². The Bertz CT molecular complexity index is 738. The number of halogens is 1. The fourth-order valence-corrected chi connectivity index (χ4v) is 4.81. The van der Waals surface area contributed by atoms with Gasteiger partial charge in [0.15, 0.2) is 0 Å². The summed E-state index contributed by atoms with van der Waals surface area (Å²) in [7, 11) is -3.52. The molecule has 0 spiro atoms. The first-order valence-electron chi connectivity index (χ1n) is 9.45. The summed E-state index contributed by atoms with van der Waals surface area (Å²) in [4.78, 5) is 10.8. The van der Waals surface area contributed by atoms with Gasteiger partial charge >= 0.3 is 5.97 Å². The molecule has 1 aliphatic carbocycles. The predicted molar refractivity (Wildman–Crippen MR) is 107 cm³/mol. The topological polar surface area (TPSA) is 83.5 Å². The molecule has 0 amide bonds. The standard InChI is InChI=1S/C20H28ClNO4S/c21-17-8-10-18(11-9-17)27(25,26)22-16-15-20(13-5-6-14-20)12-4-2-1-3-7-19(23)24/h2,4,8-11,22H,1,3,5-7,12-16H2,(H,23,24)/b4-2-. The molecule has 5 nitrogen and oxygen atoms in total. The van der Waals surface area contributed by atoms with Gasteiger partial charge in [-0.05, 0) is 68.2 Å². The number of allylic oxidation sites excluding steroid dienone is 2. The molecular weight excluding hydrogens is 386 g/mol. The van der Waals surface area contributed by atoms with Crippen molar-refractivity contribution in [2.24, 2.45) is 5.41 Å². The summed E-state index contributed by atoms with van der Waals surface area (Å²) in [6.07, 6.45) is 12.1. The zero-order chi connectivity index (χ0) is 19.8. The van der Waals surface area contributed by atoms with Crippen LogP contribution in [0.3, 0.4) is 0 Å². The summed E-state index contributed by atoms with van der Waals surface area (Å²) in [6, 6.07) is 6.17. The van der Waals surface area contributed by atoms with E-state index in [1.165, 1.54) is 25.0 Å². The Morgan fingerprint density at radius 2 is 1.85 bits per heavy atom. The minimum atomic E-state index is -3.52. The molecule has 1 aliphatic rings. The average molecular weight is 414 g/mol. The Morgan fingerprint density at radius 3 is 2.48 bits per heavy atom. The average Bonchev–Trinajstić information content (AvgIpc) is 3.07. The van der Waals surface area contributed by atoms with Gasteiger partial charge in [-0.1, -0.05) is 36.6 Å². The van der Waals surface area contributed by atoms with Crippen molar-refractivity contribution in [3.63, 3.8) is 0 Å². The van der Waals surface area contributed by atoms with E-state index in [2.05, 4.69) is 16.9 Å². The molecule has 1 aromatic rings. The SMILES string of the molecule is O=C(O)CCC/C=C\CC1(CCNS(=O)(=O)c2ccc(Cl)cc2)CCCC1. The molecule has 1 aromatic carbocycles. The van der Waals surface area contributed by atoms with E-state index in [0.29, 0.717) is 18.0 Å². The molecule has 2 N–H and O–H groups in total. The number of benzene rings is 1. The third-order valence-corrected chi connectivity index (χ3v) is 6.94. The summed E-state index contributed by atoms with van der Waals surface area (Å²) < 4.78 is 27.5. The largest absolute Gasteiger partial charge is 0.481 e. The number of carbonyl (C=O) groups is 1. The van der Waals surface area contributed by atoms with Crippen LogP contribution in [-0.4, -0.2) is 26.0 Å². The van der Waals surface area contributed by atoms with Gasteiger partial charge in [0.25, 0.3) is 0 Å². The van der Waals surface area contributed by atoms with Crippen LogP contribution in [0.5, 0.6) is 0 Å². The van der Waals surface area contributed by atoms with Crippen molar-refractivity contribution in [1.82, 2.24) is 4.72 Å². The zero-order valence-corrected chi connectivity index (χ0v) is 17.1. The van der Waals surface area contributed by atoms with E-state index in [1.54, 1.807) is 12.1 Å². The maximum absolute atomic E-state index is 12.4. The smallest absolute Gasteiger partial charge is 0.303 e. The molecule has 0 atom stereocenters. The molecule has 2 rings (SSSR count). The molecule has 1 fully saturated rings. The lowest BCUT2D eigenvalue weighted by molar-refractivity contribution is -0.137. The summed E-state index contributed by atoms with van der Waals surface area (Å²) in [6.45, 7) is 0.414. The molecule has 0 bridgehead atoms. The van der Waals surface area contributed by atoms with Gasteiger partial charge in [0, 0.05) is 18.0 Å². The minimum absolute atomic E-state index is 0.145. The van der Waals surface area contributed by atoms with Crippen molar-refractivity contribution in [2.75, 3.05) is 6.54 Å². The van der Waals surface area contributed by atoms with E-state index in [4.69, 9.17) is 16.7 Å². The quantitative estimate of drug-likeness (QED) is 0.404. The van der Waals surface area contributed by atoms with Crippen molar-refractivity contribution in [2.45, 2.75) is 62.7 Å². The summed E-state index contributed by atoms with van der Waals surface area (Å²) >= 11 is 5.82. The lowest BCUT2D eigenvalue weighted by atomic mass is 9.79. The Labute approximate surface area is 166 Å². The highest BCUT2D eigenvalue weighted by atomic mass is 35.5. The molecular formula is C20H28ClNO4S. The van der Waals surface area contributed by atoms with Crippen LogP contribution < -0.4 is 4.72 Å². The number of hydrogen-bond donors (Lipinski definition) is 2. The van der Waals surface area contributed by atoms with Crippen molar-refractivity contribution in [3.05, 3.63) is 41.4 Å². The number of rotatable bonds is 11. The maximum Gasteiger partial charge on any atom is 0.303 e. The first-order chi connectivity index (χ1) is 12.8. The van der Waals surface area contributed by atoms with Crippen molar-refractivity contribution in [1.29, 1.82) is 0 Å². The van der Waals surface area contributed by atoms with E-state index in [9.17, 15) is 13.2 Å². The van der Waals surface area contributed by atoms with Crippen LogP contribution in [0.2, 0.25) is 5.02 Å². The number of carboxylic acids is 1. The second-order valence-corrected chi connectivity index (χ2v) is 9.47. The van der Waals surface area contributed by atoms with Crippen LogP contribution in [0.4, 0.5) is 0 Å². The van der Waals surface area contributed by atoms with E-state index in [0.717, 1.165) is 32.1 Å². The maximum atomic E-state index is 12.4. The highest BCUT2D eigenvalue weighted by Gasteiger charge is 2.32. The molecule has 0 aromatic heterocycles. The Morgan fingerprint density at radius 1 is 1.19 bits per heavy atom. The molecule has 7 heteroatoms. The number of aliphatic carboxylic acids is 1. The van der Waals surface area contributed by atoms with Crippen molar-refractivity contribution >= 4 is 27.6 Å². The Hall–Kier alpha value is -1.37. The van der Waals surface area contributed by atoms with Gasteiger partial charge in [-0.2, -0.15) is 0 Å².